The summed E-state index contributed by atoms with van der Waals surface area (Å²) in [6.45, 7) is 3.39. The third kappa shape index (κ3) is 3.08. The highest BCUT2D eigenvalue weighted by Crippen LogP contribution is 2.13. The molecule has 0 heterocycles. The summed E-state index contributed by atoms with van der Waals surface area (Å²) in [6, 6.07) is 7.84. The Balaban J connectivity index is 2.68. The molecule has 3 nitrogen and oxygen atoms in total. The van der Waals surface area contributed by atoms with Gasteiger partial charge in [0.1, 0.15) is 0 Å². The molecule has 0 fully saturated rings. The zero-order valence-electron chi connectivity index (χ0n) is 8.50. The molecule has 0 aromatic heterocycles. The van der Waals surface area contributed by atoms with Gasteiger partial charge in [-0.25, -0.2) is 0 Å². The van der Waals surface area contributed by atoms with E-state index in [4.69, 9.17) is 10.00 Å². The normalized spacial score (nSPS) is 9.50. The van der Waals surface area contributed by atoms with Gasteiger partial charge in [-0.15, -0.1) is 0 Å². The maximum absolute atomic E-state index is 8.76. The Hall–Kier alpha value is -1.53. The Morgan fingerprint density at radius 2 is 2.21 bits per heavy atom. The summed E-state index contributed by atoms with van der Waals surface area (Å²) in [7, 11) is 1.67. The second kappa shape index (κ2) is 5.25. The highest BCUT2D eigenvalue weighted by molar-refractivity contribution is 5.51. The van der Waals surface area contributed by atoms with Gasteiger partial charge in [-0.1, -0.05) is 0 Å². The fraction of sp³-hybridized carbons (Fsp3) is 0.364. The molecule has 74 valence electrons. The first-order valence-electron chi connectivity index (χ1n) is 4.51. The minimum atomic E-state index is 0.663. The molecular formula is C11H14N2O. The van der Waals surface area contributed by atoms with Gasteiger partial charge in [0.2, 0.25) is 0 Å². The monoisotopic (exact) mass is 190 g/mol. The van der Waals surface area contributed by atoms with Crippen molar-refractivity contribution in [3.8, 4) is 6.07 Å². The van der Waals surface area contributed by atoms with Gasteiger partial charge in [-0.05, 0) is 30.7 Å². The van der Waals surface area contributed by atoms with Gasteiger partial charge < -0.3 is 10.1 Å². The van der Waals surface area contributed by atoms with E-state index in [-0.39, 0.29) is 0 Å². The van der Waals surface area contributed by atoms with E-state index in [9.17, 15) is 0 Å². The fourth-order valence-electron chi connectivity index (χ4n) is 1.25. The number of nitriles is 1. The van der Waals surface area contributed by atoms with Gasteiger partial charge in [0.15, 0.2) is 0 Å². The van der Waals surface area contributed by atoms with E-state index in [0.29, 0.717) is 12.2 Å². The van der Waals surface area contributed by atoms with Gasteiger partial charge >= 0.3 is 0 Å². The molecule has 1 aromatic rings. The van der Waals surface area contributed by atoms with E-state index in [1.165, 1.54) is 0 Å². The zero-order chi connectivity index (χ0) is 10.4. The van der Waals surface area contributed by atoms with E-state index in [2.05, 4.69) is 11.4 Å². The van der Waals surface area contributed by atoms with Crippen LogP contribution < -0.4 is 5.32 Å². The molecule has 0 unspecified atom stereocenters. The van der Waals surface area contributed by atoms with Crippen LogP contribution >= 0.6 is 0 Å². The van der Waals surface area contributed by atoms with Gasteiger partial charge in [-0.2, -0.15) is 5.26 Å². The molecule has 0 bridgehead atoms. The lowest BCUT2D eigenvalue weighted by atomic mass is 10.1. The number of nitrogens with one attached hydrogen (secondary N) is 1. The number of nitrogens with zero attached hydrogens (tertiary/aromatic N) is 1. The van der Waals surface area contributed by atoms with Crippen LogP contribution in [-0.4, -0.2) is 20.3 Å². The van der Waals surface area contributed by atoms with Crippen molar-refractivity contribution in [1.29, 1.82) is 5.26 Å². The summed E-state index contributed by atoms with van der Waals surface area (Å²) >= 11 is 0. The molecule has 14 heavy (non-hydrogen) atoms. The first kappa shape index (κ1) is 10.6. The van der Waals surface area contributed by atoms with Gasteiger partial charge in [-0.3, -0.25) is 0 Å². The Morgan fingerprint density at radius 1 is 1.43 bits per heavy atom. The second-order valence-corrected chi connectivity index (χ2v) is 3.12. The van der Waals surface area contributed by atoms with Crippen LogP contribution in [0.4, 0.5) is 5.69 Å². The number of hydrogen-bond donors (Lipinski definition) is 1. The third-order valence-electron chi connectivity index (χ3n) is 1.84. The summed E-state index contributed by atoms with van der Waals surface area (Å²) in [5.74, 6) is 0. The van der Waals surface area contributed by atoms with Gasteiger partial charge in [0.25, 0.3) is 0 Å². The van der Waals surface area contributed by atoms with E-state index < -0.39 is 0 Å². The number of rotatable bonds is 4. The van der Waals surface area contributed by atoms with Crippen LogP contribution in [0.15, 0.2) is 18.2 Å². The molecule has 0 saturated heterocycles. The predicted molar refractivity (Wildman–Crippen MR) is 56.3 cm³/mol. The minimum absolute atomic E-state index is 0.663. The summed E-state index contributed by atoms with van der Waals surface area (Å²) in [5, 5.41) is 11.9. The maximum Gasteiger partial charge on any atom is 0.0992 e. The van der Waals surface area contributed by atoms with Crippen LogP contribution in [0, 0.1) is 18.3 Å². The smallest absolute Gasteiger partial charge is 0.0992 e. The maximum atomic E-state index is 8.76. The molecule has 0 spiro atoms. The molecular weight excluding hydrogens is 176 g/mol. The number of ether oxygens (including phenoxy) is 1. The van der Waals surface area contributed by atoms with Crippen molar-refractivity contribution in [2.75, 3.05) is 25.6 Å². The number of methoxy groups -OCH3 is 1. The van der Waals surface area contributed by atoms with Crippen LogP contribution in [0.2, 0.25) is 0 Å². The summed E-state index contributed by atoms with van der Waals surface area (Å²) in [4.78, 5) is 0. The van der Waals surface area contributed by atoms with Gasteiger partial charge in [0, 0.05) is 19.3 Å². The second-order valence-electron chi connectivity index (χ2n) is 3.12. The van der Waals surface area contributed by atoms with Crippen molar-refractivity contribution >= 4 is 5.69 Å². The van der Waals surface area contributed by atoms with Crippen molar-refractivity contribution in [3.63, 3.8) is 0 Å². The molecule has 0 amide bonds. The first-order chi connectivity index (χ1) is 6.76. The Labute approximate surface area is 84.3 Å². The van der Waals surface area contributed by atoms with Gasteiger partial charge in [0.05, 0.1) is 18.2 Å². The summed E-state index contributed by atoms with van der Waals surface area (Å²) in [5.41, 5.74) is 2.74. The van der Waals surface area contributed by atoms with Crippen LogP contribution in [0.25, 0.3) is 0 Å². The highest BCUT2D eigenvalue weighted by atomic mass is 16.5. The molecule has 0 aliphatic heterocycles. The van der Waals surface area contributed by atoms with Crippen LogP contribution in [0.5, 0.6) is 0 Å². The van der Waals surface area contributed by atoms with E-state index in [1.807, 2.05) is 25.1 Å². The lowest BCUT2D eigenvalue weighted by Crippen LogP contribution is -2.07. The van der Waals surface area contributed by atoms with Crippen LogP contribution in [0.3, 0.4) is 0 Å². The van der Waals surface area contributed by atoms with Crippen LogP contribution in [-0.2, 0) is 4.74 Å². The molecule has 3 heteroatoms. The number of hydrogen-bond acceptors (Lipinski definition) is 3. The van der Waals surface area contributed by atoms with Crippen molar-refractivity contribution in [1.82, 2.24) is 0 Å². The first-order valence-corrected chi connectivity index (χ1v) is 4.51. The largest absolute Gasteiger partial charge is 0.383 e. The number of aryl methyl sites for hydroxylation is 1. The van der Waals surface area contributed by atoms with E-state index >= 15 is 0 Å². The van der Waals surface area contributed by atoms with Crippen molar-refractivity contribution in [3.05, 3.63) is 29.3 Å². The fourth-order valence-corrected chi connectivity index (χ4v) is 1.25. The van der Waals surface area contributed by atoms with Crippen LogP contribution in [0.1, 0.15) is 11.1 Å². The summed E-state index contributed by atoms with van der Waals surface area (Å²) < 4.78 is 4.92. The third-order valence-corrected chi connectivity index (χ3v) is 1.84. The number of benzene rings is 1. The average Bonchev–Trinajstić information content (AvgIpc) is 2.17. The minimum Gasteiger partial charge on any atom is -0.383 e. The van der Waals surface area contributed by atoms with Crippen molar-refractivity contribution in [2.45, 2.75) is 6.92 Å². The zero-order valence-corrected chi connectivity index (χ0v) is 8.50. The molecule has 1 aromatic carbocycles. The molecule has 0 atom stereocenters. The Bertz CT molecular complexity index is 342. The lowest BCUT2D eigenvalue weighted by Gasteiger charge is -2.06. The lowest BCUT2D eigenvalue weighted by molar-refractivity contribution is 0.211. The topological polar surface area (TPSA) is 45.0 Å². The number of anilines is 1. The molecule has 0 aliphatic rings. The van der Waals surface area contributed by atoms with E-state index in [1.54, 1.807) is 7.11 Å². The average molecular weight is 190 g/mol. The predicted octanol–water partition coefficient (Wildman–Crippen LogP) is 1.93. The summed E-state index contributed by atoms with van der Waals surface area (Å²) in [6.07, 6.45) is 0. The van der Waals surface area contributed by atoms with Crippen molar-refractivity contribution < 1.29 is 4.74 Å². The molecule has 0 radical (unpaired) electrons. The standard InChI is InChI=1S/C11H14N2O/c1-9-5-10(8-12)7-11(6-9)13-3-4-14-2/h5-7,13H,3-4H2,1-2H3. The quantitative estimate of drug-likeness (QED) is 0.738. The Kier molecular flexibility index (Phi) is 3.96. The van der Waals surface area contributed by atoms with E-state index in [0.717, 1.165) is 17.8 Å². The molecule has 0 saturated carbocycles. The molecule has 0 aliphatic carbocycles. The molecule has 1 rings (SSSR count). The molecule has 1 N–H and O–H groups in total. The Morgan fingerprint density at radius 3 is 2.86 bits per heavy atom. The highest BCUT2D eigenvalue weighted by Gasteiger charge is 1.96. The SMILES string of the molecule is COCCNc1cc(C)cc(C#N)c1. The van der Waals surface area contributed by atoms with Crippen molar-refractivity contribution in [2.24, 2.45) is 0 Å².